The van der Waals surface area contributed by atoms with E-state index in [4.69, 9.17) is 5.73 Å². The lowest BCUT2D eigenvalue weighted by Crippen LogP contribution is -2.30. The summed E-state index contributed by atoms with van der Waals surface area (Å²) in [5.41, 5.74) is 5.55. The predicted octanol–water partition coefficient (Wildman–Crippen LogP) is 0.264. The molecule has 1 aromatic rings. The highest BCUT2D eigenvalue weighted by Crippen LogP contribution is 2.15. The lowest BCUT2D eigenvalue weighted by Gasteiger charge is -2.24. The second kappa shape index (κ2) is 3.96. The lowest BCUT2D eigenvalue weighted by molar-refractivity contribution is 0.566. The molecule has 0 saturated carbocycles. The Morgan fingerprint density at radius 2 is 2.00 bits per heavy atom. The van der Waals surface area contributed by atoms with Crippen molar-refractivity contribution in [2.45, 2.75) is 25.8 Å². The molecule has 1 aromatic heterocycles. The van der Waals surface area contributed by atoms with E-state index in [0.29, 0.717) is 6.54 Å². The number of aryl methyl sites for hydroxylation is 1. The van der Waals surface area contributed by atoms with E-state index in [1.165, 1.54) is 19.3 Å². The van der Waals surface area contributed by atoms with Crippen LogP contribution in [-0.4, -0.2) is 27.9 Å². The maximum absolute atomic E-state index is 5.55. The van der Waals surface area contributed by atoms with Crippen molar-refractivity contribution in [3.8, 4) is 0 Å². The molecule has 1 saturated heterocycles. The van der Waals surface area contributed by atoms with Crippen molar-refractivity contribution in [2.24, 2.45) is 12.8 Å². The van der Waals surface area contributed by atoms with Gasteiger partial charge >= 0.3 is 0 Å². The van der Waals surface area contributed by atoms with Crippen LogP contribution >= 0.6 is 0 Å². The van der Waals surface area contributed by atoms with Crippen LogP contribution in [0, 0.1) is 0 Å². The number of piperidine rings is 1. The van der Waals surface area contributed by atoms with Crippen LogP contribution in [0.1, 0.15) is 25.1 Å². The van der Waals surface area contributed by atoms with Gasteiger partial charge in [0.05, 0.1) is 6.54 Å². The molecule has 5 nitrogen and oxygen atoms in total. The lowest BCUT2D eigenvalue weighted by atomic mass is 10.1. The number of hydrogen-bond acceptors (Lipinski definition) is 4. The highest BCUT2D eigenvalue weighted by molar-refractivity contribution is 5.29. The van der Waals surface area contributed by atoms with Gasteiger partial charge in [-0.2, -0.15) is 4.98 Å². The Hall–Kier alpha value is -1.10. The smallest absolute Gasteiger partial charge is 0.244 e. The normalized spacial score (nSPS) is 17.4. The van der Waals surface area contributed by atoms with E-state index in [-0.39, 0.29) is 0 Å². The molecule has 2 rings (SSSR count). The molecular formula is C9H17N5. The molecule has 0 aromatic carbocycles. The standard InChI is InChI=1S/C9H17N5/c1-13-8(7-10)11-9(12-13)14-5-3-2-4-6-14/h2-7,10H2,1H3. The number of rotatable bonds is 2. The molecule has 0 amide bonds. The summed E-state index contributed by atoms with van der Waals surface area (Å²) < 4.78 is 1.77. The van der Waals surface area contributed by atoms with Crippen LogP contribution in [0.2, 0.25) is 0 Å². The van der Waals surface area contributed by atoms with Crippen molar-refractivity contribution in [3.05, 3.63) is 5.82 Å². The number of aromatic nitrogens is 3. The number of anilines is 1. The second-order valence-electron chi connectivity index (χ2n) is 3.70. The zero-order valence-corrected chi connectivity index (χ0v) is 8.61. The van der Waals surface area contributed by atoms with Crippen LogP contribution < -0.4 is 10.6 Å². The highest BCUT2D eigenvalue weighted by atomic mass is 15.4. The largest absolute Gasteiger partial charge is 0.340 e. The minimum absolute atomic E-state index is 0.456. The van der Waals surface area contributed by atoms with Crippen molar-refractivity contribution in [2.75, 3.05) is 18.0 Å². The Morgan fingerprint density at radius 1 is 1.29 bits per heavy atom. The maximum atomic E-state index is 5.55. The van der Waals surface area contributed by atoms with Crippen molar-refractivity contribution in [1.29, 1.82) is 0 Å². The second-order valence-corrected chi connectivity index (χ2v) is 3.70. The molecule has 5 heteroatoms. The molecule has 0 bridgehead atoms. The third kappa shape index (κ3) is 1.72. The first-order valence-electron chi connectivity index (χ1n) is 5.16. The predicted molar refractivity (Wildman–Crippen MR) is 55.0 cm³/mol. The first-order chi connectivity index (χ1) is 6.81. The quantitative estimate of drug-likeness (QED) is 0.735. The van der Waals surface area contributed by atoms with Gasteiger partial charge in [0.25, 0.3) is 0 Å². The molecule has 1 aliphatic heterocycles. The molecule has 0 unspecified atom stereocenters. The highest BCUT2D eigenvalue weighted by Gasteiger charge is 2.15. The van der Waals surface area contributed by atoms with Crippen LogP contribution in [0.15, 0.2) is 0 Å². The Bertz CT molecular complexity index is 300. The van der Waals surface area contributed by atoms with E-state index in [9.17, 15) is 0 Å². The van der Waals surface area contributed by atoms with Crippen molar-refractivity contribution < 1.29 is 0 Å². The van der Waals surface area contributed by atoms with Gasteiger partial charge in [-0.25, -0.2) is 4.68 Å². The molecule has 2 N–H and O–H groups in total. The minimum Gasteiger partial charge on any atom is -0.340 e. The fourth-order valence-corrected chi connectivity index (χ4v) is 1.81. The van der Waals surface area contributed by atoms with Crippen LogP contribution in [0.5, 0.6) is 0 Å². The Labute approximate surface area is 83.9 Å². The summed E-state index contributed by atoms with van der Waals surface area (Å²) in [6, 6.07) is 0. The van der Waals surface area contributed by atoms with Gasteiger partial charge in [-0.1, -0.05) is 0 Å². The van der Waals surface area contributed by atoms with Gasteiger partial charge in [0.2, 0.25) is 5.95 Å². The van der Waals surface area contributed by atoms with E-state index >= 15 is 0 Å². The molecule has 1 fully saturated rings. The van der Waals surface area contributed by atoms with E-state index in [2.05, 4.69) is 15.0 Å². The van der Waals surface area contributed by atoms with Gasteiger partial charge in [0.15, 0.2) is 0 Å². The number of nitrogens with zero attached hydrogens (tertiary/aromatic N) is 4. The molecule has 0 spiro atoms. The molecule has 1 aliphatic rings. The van der Waals surface area contributed by atoms with E-state index in [0.717, 1.165) is 24.9 Å². The first kappa shape index (κ1) is 9.45. The fraction of sp³-hybridized carbons (Fsp3) is 0.778. The zero-order valence-electron chi connectivity index (χ0n) is 8.61. The average Bonchev–Trinajstić information content (AvgIpc) is 2.61. The molecule has 0 radical (unpaired) electrons. The molecule has 78 valence electrons. The Morgan fingerprint density at radius 3 is 2.57 bits per heavy atom. The van der Waals surface area contributed by atoms with Gasteiger partial charge in [-0.05, 0) is 19.3 Å². The summed E-state index contributed by atoms with van der Waals surface area (Å²) >= 11 is 0. The number of nitrogens with two attached hydrogens (primary N) is 1. The van der Waals surface area contributed by atoms with E-state index < -0.39 is 0 Å². The average molecular weight is 195 g/mol. The van der Waals surface area contributed by atoms with Crippen molar-refractivity contribution in [1.82, 2.24) is 14.8 Å². The third-order valence-electron chi connectivity index (χ3n) is 2.66. The van der Waals surface area contributed by atoms with Crippen LogP contribution in [0.3, 0.4) is 0 Å². The Balaban J connectivity index is 2.14. The first-order valence-corrected chi connectivity index (χ1v) is 5.16. The molecule has 2 heterocycles. The summed E-state index contributed by atoms with van der Waals surface area (Å²) in [6.45, 7) is 2.61. The Kier molecular flexibility index (Phi) is 2.67. The topological polar surface area (TPSA) is 60.0 Å². The SMILES string of the molecule is Cn1nc(N2CCCCC2)nc1CN. The molecular weight excluding hydrogens is 178 g/mol. The summed E-state index contributed by atoms with van der Waals surface area (Å²) in [5, 5.41) is 4.36. The van der Waals surface area contributed by atoms with Gasteiger partial charge < -0.3 is 10.6 Å². The van der Waals surface area contributed by atoms with Crippen LogP contribution in [0.4, 0.5) is 5.95 Å². The zero-order chi connectivity index (χ0) is 9.97. The molecule has 0 atom stereocenters. The summed E-state index contributed by atoms with van der Waals surface area (Å²) in [5.74, 6) is 1.69. The van der Waals surface area contributed by atoms with Gasteiger partial charge in [-0.3, -0.25) is 0 Å². The third-order valence-corrected chi connectivity index (χ3v) is 2.66. The fourth-order valence-electron chi connectivity index (χ4n) is 1.81. The molecule has 14 heavy (non-hydrogen) atoms. The van der Waals surface area contributed by atoms with Crippen LogP contribution in [-0.2, 0) is 13.6 Å². The van der Waals surface area contributed by atoms with Gasteiger partial charge in [0, 0.05) is 20.1 Å². The summed E-state index contributed by atoms with van der Waals surface area (Å²) in [6.07, 6.45) is 3.82. The number of hydrogen-bond donors (Lipinski definition) is 1. The van der Waals surface area contributed by atoms with Gasteiger partial charge in [-0.15, -0.1) is 5.10 Å². The minimum atomic E-state index is 0.456. The van der Waals surface area contributed by atoms with Crippen LogP contribution in [0.25, 0.3) is 0 Å². The van der Waals surface area contributed by atoms with E-state index in [1.807, 2.05) is 7.05 Å². The van der Waals surface area contributed by atoms with Gasteiger partial charge in [0.1, 0.15) is 5.82 Å². The maximum Gasteiger partial charge on any atom is 0.244 e. The van der Waals surface area contributed by atoms with Crippen molar-refractivity contribution in [3.63, 3.8) is 0 Å². The van der Waals surface area contributed by atoms with Crippen molar-refractivity contribution >= 4 is 5.95 Å². The summed E-state index contributed by atoms with van der Waals surface area (Å²) in [7, 11) is 1.89. The molecule has 0 aliphatic carbocycles. The summed E-state index contributed by atoms with van der Waals surface area (Å²) in [4.78, 5) is 6.64. The van der Waals surface area contributed by atoms with E-state index in [1.54, 1.807) is 4.68 Å². The monoisotopic (exact) mass is 195 g/mol.